The van der Waals surface area contributed by atoms with Crippen LogP contribution >= 0.6 is 0 Å². The summed E-state index contributed by atoms with van der Waals surface area (Å²) in [5.41, 5.74) is 2.45. The highest BCUT2D eigenvalue weighted by Gasteiger charge is 2.04. The maximum Gasteiger partial charge on any atom is 0.251 e. The number of nitriles is 1. The molecule has 0 aliphatic heterocycles. The number of pyridine rings is 1. The van der Waals surface area contributed by atoms with Crippen LogP contribution < -0.4 is 5.32 Å². The molecular formula is C15H13N3O. The van der Waals surface area contributed by atoms with Crippen molar-refractivity contribution in [1.82, 2.24) is 10.3 Å². The number of carbonyl (C=O) groups excluding carboxylic acids is 1. The van der Waals surface area contributed by atoms with Crippen molar-refractivity contribution in [1.29, 1.82) is 5.26 Å². The van der Waals surface area contributed by atoms with E-state index in [1.54, 1.807) is 36.7 Å². The lowest BCUT2D eigenvalue weighted by Crippen LogP contribution is -2.22. The fraction of sp³-hybridized carbons (Fsp3) is 0.133. The molecule has 19 heavy (non-hydrogen) atoms. The minimum Gasteiger partial charge on any atom is -0.348 e. The topological polar surface area (TPSA) is 65.8 Å². The second-order valence-electron chi connectivity index (χ2n) is 4.08. The van der Waals surface area contributed by atoms with E-state index in [9.17, 15) is 4.79 Å². The van der Waals surface area contributed by atoms with Crippen LogP contribution in [-0.2, 0) is 13.0 Å². The molecule has 94 valence electrons. The Kier molecular flexibility index (Phi) is 4.25. The SMILES string of the molecule is N#CCc1ccc(C(=O)NCc2cccnc2)cc1. The molecule has 0 spiro atoms. The minimum absolute atomic E-state index is 0.132. The minimum atomic E-state index is -0.132. The van der Waals surface area contributed by atoms with E-state index in [1.807, 2.05) is 12.1 Å². The zero-order valence-corrected chi connectivity index (χ0v) is 10.3. The molecule has 2 rings (SSSR count). The Hall–Kier alpha value is -2.67. The second kappa shape index (κ2) is 6.31. The van der Waals surface area contributed by atoms with E-state index in [0.29, 0.717) is 18.5 Å². The van der Waals surface area contributed by atoms with Crippen LogP contribution in [0.4, 0.5) is 0 Å². The Morgan fingerprint density at radius 2 is 2.00 bits per heavy atom. The summed E-state index contributed by atoms with van der Waals surface area (Å²) >= 11 is 0. The quantitative estimate of drug-likeness (QED) is 0.904. The van der Waals surface area contributed by atoms with Crippen LogP contribution in [0.3, 0.4) is 0 Å². The zero-order chi connectivity index (χ0) is 13.5. The first-order valence-corrected chi connectivity index (χ1v) is 5.92. The number of hydrogen-bond donors (Lipinski definition) is 1. The van der Waals surface area contributed by atoms with E-state index >= 15 is 0 Å². The predicted molar refractivity (Wildman–Crippen MR) is 71.2 cm³/mol. The van der Waals surface area contributed by atoms with Gasteiger partial charge in [-0.25, -0.2) is 0 Å². The van der Waals surface area contributed by atoms with E-state index in [2.05, 4.69) is 16.4 Å². The van der Waals surface area contributed by atoms with Gasteiger partial charge in [0.2, 0.25) is 0 Å². The highest BCUT2D eigenvalue weighted by Crippen LogP contribution is 2.05. The van der Waals surface area contributed by atoms with Crippen LogP contribution in [0.25, 0.3) is 0 Å². The van der Waals surface area contributed by atoms with E-state index in [-0.39, 0.29) is 5.91 Å². The molecule has 0 radical (unpaired) electrons. The molecule has 0 bridgehead atoms. The number of rotatable bonds is 4. The summed E-state index contributed by atoms with van der Waals surface area (Å²) < 4.78 is 0. The molecule has 0 atom stereocenters. The van der Waals surface area contributed by atoms with Gasteiger partial charge in [-0.3, -0.25) is 9.78 Å². The summed E-state index contributed by atoms with van der Waals surface area (Å²) in [6.07, 6.45) is 3.77. The van der Waals surface area contributed by atoms with Gasteiger partial charge in [-0.15, -0.1) is 0 Å². The molecule has 1 aromatic carbocycles. The van der Waals surface area contributed by atoms with Crippen LogP contribution in [0.15, 0.2) is 48.8 Å². The molecule has 1 aromatic heterocycles. The number of hydrogen-bond acceptors (Lipinski definition) is 3. The first-order chi connectivity index (χ1) is 9.29. The van der Waals surface area contributed by atoms with Gasteiger partial charge in [-0.05, 0) is 29.3 Å². The molecule has 2 aromatic rings. The van der Waals surface area contributed by atoms with Gasteiger partial charge < -0.3 is 5.32 Å². The van der Waals surface area contributed by atoms with E-state index in [1.165, 1.54) is 0 Å². The largest absolute Gasteiger partial charge is 0.348 e. The van der Waals surface area contributed by atoms with Gasteiger partial charge in [-0.1, -0.05) is 18.2 Å². The lowest BCUT2D eigenvalue weighted by Gasteiger charge is -2.05. The van der Waals surface area contributed by atoms with Crippen molar-refractivity contribution in [2.45, 2.75) is 13.0 Å². The van der Waals surface area contributed by atoms with Crippen molar-refractivity contribution in [3.8, 4) is 6.07 Å². The third kappa shape index (κ3) is 3.65. The molecule has 0 saturated carbocycles. The molecule has 4 nitrogen and oxygen atoms in total. The van der Waals surface area contributed by atoms with Gasteiger partial charge in [-0.2, -0.15) is 5.26 Å². The van der Waals surface area contributed by atoms with Crippen molar-refractivity contribution in [3.05, 3.63) is 65.5 Å². The van der Waals surface area contributed by atoms with Crippen LogP contribution in [0.1, 0.15) is 21.5 Å². The van der Waals surface area contributed by atoms with Gasteiger partial charge in [0.05, 0.1) is 12.5 Å². The smallest absolute Gasteiger partial charge is 0.251 e. The normalized spacial score (nSPS) is 9.63. The van der Waals surface area contributed by atoms with Crippen LogP contribution in [-0.4, -0.2) is 10.9 Å². The molecule has 0 aliphatic rings. The van der Waals surface area contributed by atoms with Crippen molar-refractivity contribution in [2.75, 3.05) is 0 Å². The lowest BCUT2D eigenvalue weighted by molar-refractivity contribution is 0.0951. The third-order valence-electron chi connectivity index (χ3n) is 2.68. The van der Waals surface area contributed by atoms with E-state index in [4.69, 9.17) is 5.26 Å². The van der Waals surface area contributed by atoms with Gasteiger partial charge in [0.15, 0.2) is 0 Å². The zero-order valence-electron chi connectivity index (χ0n) is 10.3. The van der Waals surface area contributed by atoms with Crippen LogP contribution in [0.2, 0.25) is 0 Å². The van der Waals surface area contributed by atoms with E-state index in [0.717, 1.165) is 11.1 Å². The van der Waals surface area contributed by atoms with Crippen molar-refractivity contribution in [2.24, 2.45) is 0 Å². The molecule has 0 fully saturated rings. The summed E-state index contributed by atoms with van der Waals surface area (Å²) in [5.74, 6) is -0.132. The maximum atomic E-state index is 11.9. The molecule has 0 saturated heterocycles. The highest BCUT2D eigenvalue weighted by atomic mass is 16.1. The number of nitrogens with one attached hydrogen (secondary N) is 1. The summed E-state index contributed by atoms with van der Waals surface area (Å²) in [6, 6.07) is 12.9. The summed E-state index contributed by atoms with van der Waals surface area (Å²) in [4.78, 5) is 15.9. The van der Waals surface area contributed by atoms with Crippen LogP contribution in [0, 0.1) is 11.3 Å². The Labute approximate surface area is 111 Å². The lowest BCUT2D eigenvalue weighted by atomic mass is 10.1. The fourth-order valence-corrected chi connectivity index (χ4v) is 1.65. The molecule has 0 unspecified atom stereocenters. The summed E-state index contributed by atoms with van der Waals surface area (Å²) in [5, 5.41) is 11.4. The van der Waals surface area contributed by atoms with Crippen molar-refractivity contribution in [3.63, 3.8) is 0 Å². The van der Waals surface area contributed by atoms with Gasteiger partial charge in [0, 0.05) is 24.5 Å². The monoisotopic (exact) mass is 251 g/mol. The Bertz CT molecular complexity index is 585. The fourth-order valence-electron chi connectivity index (χ4n) is 1.65. The molecule has 4 heteroatoms. The predicted octanol–water partition coefficient (Wildman–Crippen LogP) is 2.08. The Morgan fingerprint density at radius 1 is 1.21 bits per heavy atom. The first-order valence-electron chi connectivity index (χ1n) is 5.92. The van der Waals surface area contributed by atoms with Gasteiger partial charge in [0.25, 0.3) is 5.91 Å². The van der Waals surface area contributed by atoms with Crippen molar-refractivity contribution >= 4 is 5.91 Å². The summed E-state index contributed by atoms with van der Waals surface area (Å²) in [7, 11) is 0. The number of benzene rings is 1. The highest BCUT2D eigenvalue weighted by molar-refractivity contribution is 5.94. The molecule has 1 heterocycles. The molecular weight excluding hydrogens is 238 g/mol. The summed E-state index contributed by atoms with van der Waals surface area (Å²) in [6.45, 7) is 0.451. The standard InChI is InChI=1S/C15H13N3O/c16-8-7-12-3-5-14(6-4-12)15(19)18-11-13-2-1-9-17-10-13/h1-6,9-10H,7,11H2,(H,18,19). The number of carbonyl (C=O) groups is 1. The molecule has 1 amide bonds. The average molecular weight is 251 g/mol. The number of nitrogens with zero attached hydrogens (tertiary/aromatic N) is 2. The Balaban J connectivity index is 1.95. The maximum absolute atomic E-state index is 11.9. The number of amides is 1. The average Bonchev–Trinajstić information content (AvgIpc) is 2.47. The number of aromatic nitrogens is 1. The first kappa shape index (κ1) is 12.8. The molecule has 1 N–H and O–H groups in total. The van der Waals surface area contributed by atoms with Gasteiger partial charge >= 0.3 is 0 Å². The Morgan fingerprint density at radius 3 is 2.63 bits per heavy atom. The van der Waals surface area contributed by atoms with Crippen molar-refractivity contribution < 1.29 is 4.79 Å². The third-order valence-corrected chi connectivity index (χ3v) is 2.68. The molecule has 0 aliphatic carbocycles. The van der Waals surface area contributed by atoms with Crippen LogP contribution in [0.5, 0.6) is 0 Å². The van der Waals surface area contributed by atoms with Gasteiger partial charge in [0.1, 0.15) is 0 Å². The second-order valence-corrected chi connectivity index (χ2v) is 4.08. The van der Waals surface area contributed by atoms with E-state index < -0.39 is 0 Å².